The number of carbonyl (C=O) groups excluding carboxylic acids is 1. The van der Waals surface area contributed by atoms with Crippen molar-refractivity contribution in [3.8, 4) is 17.2 Å². The topological polar surface area (TPSA) is 95.4 Å². The molecule has 2 N–H and O–H groups in total. The van der Waals surface area contributed by atoms with Gasteiger partial charge < -0.3 is 15.4 Å². The van der Waals surface area contributed by atoms with Crippen LogP contribution in [0.4, 0.5) is 5.82 Å². The molecular formula is C26H24ClN5O3. The highest BCUT2D eigenvalue weighted by atomic mass is 35.5. The van der Waals surface area contributed by atoms with Crippen LogP contribution in [0, 0.1) is 0 Å². The highest BCUT2D eigenvalue weighted by Gasteiger charge is 2.28. The fourth-order valence-electron chi connectivity index (χ4n) is 4.58. The zero-order valence-corrected chi connectivity index (χ0v) is 19.7. The second kappa shape index (κ2) is 9.31. The molecule has 178 valence electrons. The number of anilines is 1. The Labute approximate surface area is 206 Å². The highest BCUT2D eigenvalue weighted by Crippen LogP contribution is 2.30. The molecule has 1 saturated heterocycles. The zero-order chi connectivity index (χ0) is 24.5. The van der Waals surface area contributed by atoms with Gasteiger partial charge in [-0.05, 0) is 73.5 Å². The van der Waals surface area contributed by atoms with Crippen LogP contribution in [0.25, 0.3) is 16.7 Å². The van der Waals surface area contributed by atoms with Crippen LogP contribution in [0.3, 0.4) is 0 Å². The number of likely N-dealkylation sites (tertiary alicyclic amines) is 1. The fourth-order valence-corrected chi connectivity index (χ4v) is 4.70. The molecule has 4 aromatic rings. The molecule has 0 saturated carbocycles. The van der Waals surface area contributed by atoms with Gasteiger partial charge in [-0.3, -0.25) is 13.9 Å². The summed E-state index contributed by atoms with van der Waals surface area (Å²) in [4.78, 5) is 31.9. The standard InChI is InChI=1S/C26H24ClN5O3/c1-2-23(33)30-15-3-4-19(16-30)31-22-13-14-29-25(28)24(22)32(26(31)34)18-7-11-21(12-8-18)35-20-9-5-17(27)6-10-20/h2,5-14,19H,1,3-4,15-16H2,(H2,28,29)/t19-/m1/s1. The Hall–Kier alpha value is -4.04. The van der Waals surface area contributed by atoms with E-state index in [-0.39, 0.29) is 23.5 Å². The number of hydrogen-bond acceptors (Lipinski definition) is 5. The van der Waals surface area contributed by atoms with Gasteiger partial charge in [-0.1, -0.05) is 18.2 Å². The number of ether oxygens (including phenoxy) is 1. The maximum absolute atomic E-state index is 13.8. The summed E-state index contributed by atoms with van der Waals surface area (Å²) in [5.74, 6) is 1.39. The van der Waals surface area contributed by atoms with E-state index >= 15 is 0 Å². The minimum atomic E-state index is -0.232. The molecule has 1 fully saturated rings. The van der Waals surface area contributed by atoms with Gasteiger partial charge in [-0.25, -0.2) is 9.78 Å². The van der Waals surface area contributed by atoms with Gasteiger partial charge in [0.25, 0.3) is 0 Å². The van der Waals surface area contributed by atoms with Crippen molar-refractivity contribution < 1.29 is 9.53 Å². The van der Waals surface area contributed by atoms with Gasteiger partial charge in [0.05, 0.1) is 17.2 Å². The second-order valence-electron chi connectivity index (χ2n) is 8.39. The zero-order valence-electron chi connectivity index (χ0n) is 18.9. The molecule has 0 radical (unpaired) electrons. The maximum atomic E-state index is 13.8. The number of halogens is 1. The summed E-state index contributed by atoms with van der Waals surface area (Å²) in [6.45, 7) is 4.67. The Kier molecular flexibility index (Phi) is 6.05. The maximum Gasteiger partial charge on any atom is 0.334 e. The van der Waals surface area contributed by atoms with Crippen molar-refractivity contribution in [2.45, 2.75) is 18.9 Å². The van der Waals surface area contributed by atoms with Crippen molar-refractivity contribution in [1.82, 2.24) is 19.0 Å². The first-order chi connectivity index (χ1) is 17.0. The molecule has 0 aliphatic carbocycles. The summed E-state index contributed by atoms with van der Waals surface area (Å²) in [7, 11) is 0. The number of aromatic nitrogens is 3. The smallest absolute Gasteiger partial charge is 0.334 e. The second-order valence-corrected chi connectivity index (χ2v) is 8.82. The SMILES string of the molecule is C=CC(=O)N1CCC[C@@H](n2c(=O)n(-c3ccc(Oc4ccc(Cl)cc4)cc3)c3c(N)nccc32)C1. The Bertz CT molecular complexity index is 1460. The third kappa shape index (κ3) is 4.28. The minimum absolute atomic E-state index is 0.135. The Balaban J connectivity index is 1.54. The predicted molar refractivity (Wildman–Crippen MR) is 136 cm³/mol. The Morgan fingerprint density at radius 1 is 1.11 bits per heavy atom. The van der Waals surface area contributed by atoms with E-state index in [9.17, 15) is 9.59 Å². The molecule has 5 rings (SSSR count). The number of nitrogens with two attached hydrogens (primary N) is 1. The molecule has 3 heterocycles. The first-order valence-corrected chi connectivity index (χ1v) is 11.7. The largest absolute Gasteiger partial charge is 0.457 e. The lowest BCUT2D eigenvalue weighted by Crippen LogP contribution is -2.42. The lowest BCUT2D eigenvalue weighted by atomic mass is 10.1. The number of nitrogen functional groups attached to an aromatic ring is 1. The Morgan fingerprint density at radius 3 is 2.49 bits per heavy atom. The summed E-state index contributed by atoms with van der Waals surface area (Å²) in [5, 5.41) is 0.629. The third-order valence-corrected chi connectivity index (χ3v) is 6.46. The molecule has 2 aromatic carbocycles. The molecule has 0 spiro atoms. The monoisotopic (exact) mass is 489 g/mol. The number of nitrogens with zero attached hydrogens (tertiary/aromatic N) is 4. The summed E-state index contributed by atoms with van der Waals surface area (Å²) in [6, 6.07) is 15.9. The van der Waals surface area contributed by atoms with Crippen LogP contribution in [0.2, 0.25) is 5.02 Å². The van der Waals surface area contributed by atoms with Gasteiger partial charge in [0.1, 0.15) is 22.8 Å². The predicted octanol–water partition coefficient (Wildman–Crippen LogP) is 4.56. The van der Waals surface area contributed by atoms with Crippen molar-refractivity contribution in [2.75, 3.05) is 18.8 Å². The molecule has 0 unspecified atom stereocenters. The molecular weight excluding hydrogens is 466 g/mol. The van der Waals surface area contributed by atoms with E-state index in [2.05, 4.69) is 11.6 Å². The van der Waals surface area contributed by atoms with Gasteiger partial charge in [-0.15, -0.1) is 0 Å². The quantitative estimate of drug-likeness (QED) is 0.414. The van der Waals surface area contributed by atoms with Gasteiger partial charge in [-0.2, -0.15) is 0 Å². The molecule has 9 heteroatoms. The van der Waals surface area contributed by atoms with Crippen LogP contribution in [0.5, 0.6) is 11.5 Å². The average molecular weight is 490 g/mol. The van der Waals surface area contributed by atoms with E-state index in [1.54, 1.807) is 74.8 Å². The normalized spacial score (nSPS) is 15.8. The van der Waals surface area contributed by atoms with Crippen molar-refractivity contribution in [1.29, 1.82) is 0 Å². The van der Waals surface area contributed by atoms with Crippen LogP contribution in [0.1, 0.15) is 18.9 Å². The molecule has 35 heavy (non-hydrogen) atoms. The Morgan fingerprint density at radius 2 is 1.80 bits per heavy atom. The third-order valence-electron chi connectivity index (χ3n) is 6.20. The molecule has 1 atom stereocenters. The number of carbonyl (C=O) groups is 1. The van der Waals surface area contributed by atoms with Crippen molar-refractivity contribution in [3.05, 3.63) is 89.0 Å². The van der Waals surface area contributed by atoms with Crippen molar-refractivity contribution >= 4 is 34.4 Å². The van der Waals surface area contributed by atoms with Crippen LogP contribution in [-0.2, 0) is 4.79 Å². The van der Waals surface area contributed by atoms with E-state index in [1.165, 1.54) is 6.08 Å². The minimum Gasteiger partial charge on any atom is -0.457 e. The van der Waals surface area contributed by atoms with Crippen molar-refractivity contribution in [2.24, 2.45) is 0 Å². The van der Waals surface area contributed by atoms with Crippen LogP contribution in [-0.4, -0.2) is 38.0 Å². The van der Waals surface area contributed by atoms with E-state index in [1.807, 2.05) is 0 Å². The number of rotatable bonds is 5. The first-order valence-electron chi connectivity index (χ1n) is 11.3. The van der Waals surface area contributed by atoms with Gasteiger partial charge >= 0.3 is 5.69 Å². The van der Waals surface area contributed by atoms with Crippen molar-refractivity contribution in [3.63, 3.8) is 0 Å². The number of pyridine rings is 1. The summed E-state index contributed by atoms with van der Waals surface area (Å²) in [6.07, 6.45) is 4.47. The first kappa shape index (κ1) is 22.7. The van der Waals surface area contributed by atoms with Gasteiger partial charge in [0.15, 0.2) is 0 Å². The van der Waals surface area contributed by atoms with Crippen LogP contribution in [0.15, 0.2) is 78.2 Å². The summed E-state index contributed by atoms with van der Waals surface area (Å²) in [5.41, 5.74) is 7.87. The lowest BCUT2D eigenvalue weighted by Gasteiger charge is -2.32. The van der Waals surface area contributed by atoms with Crippen LogP contribution >= 0.6 is 11.6 Å². The number of imidazole rings is 1. The molecule has 1 aliphatic rings. The van der Waals surface area contributed by atoms with Gasteiger partial charge in [0.2, 0.25) is 5.91 Å². The van der Waals surface area contributed by atoms with E-state index in [4.69, 9.17) is 22.1 Å². The number of amides is 1. The van der Waals surface area contributed by atoms with E-state index in [0.29, 0.717) is 46.3 Å². The molecule has 8 nitrogen and oxygen atoms in total. The molecule has 0 bridgehead atoms. The van der Waals surface area contributed by atoms with E-state index < -0.39 is 0 Å². The van der Waals surface area contributed by atoms with Crippen LogP contribution < -0.4 is 16.2 Å². The highest BCUT2D eigenvalue weighted by molar-refractivity contribution is 6.30. The summed E-state index contributed by atoms with van der Waals surface area (Å²) >= 11 is 5.94. The summed E-state index contributed by atoms with van der Waals surface area (Å²) < 4.78 is 9.17. The average Bonchev–Trinajstić information content (AvgIpc) is 3.18. The van der Waals surface area contributed by atoms with Gasteiger partial charge in [0, 0.05) is 24.3 Å². The molecule has 1 amide bonds. The number of benzene rings is 2. The fraction of sp³-hybridized carbons (Fsp3) is 0.192. The van der Waals surface area contributed by atoms with E-state index in [0.717, 1.165) is 12.8 Å². The molecule has 2 aromatic heterocycles. The molecule has 1 aliphatic heterocycles. The number of fused-ring (bicyclic) bond motifs is 1. The number of hydrogen-bond donors (Lipinski definition) is 1. The number of piperidine rings is 1. The lowest BCUT2D eigenvalue weighted by molar-refractivity contribution is -0.127.